The summed E-state index contributed by atoms with van der Waals surface area (Å²) < 4.78 is 42.3. The minimum Gasteiger partial charge on any atom is -0.325 e. The van der Waals surface area contributed by atoms with Gasteiger partial charge in [0.25, 0.3) is 5.91 Å². The topological polar surface area (TPSA) is 95.6 Å². The smallest absolute Gasteiger partial charge is 0.256 e. The van der Waals surface area contributed by atoms with E-state index in [1.807, 2.05) is 0 Å². The van der Waals surface area contributed by atoms with Crippen molar-refractivity contribution in [2.75, 3.05) is 11.9 Å². The Morgan fingerprint density at radius 3 is 2.62 bits per heavy atom. The molecule has 0 bridgehead atoms. The molecule has 3 heterocycles. The summed E-state index contributed by atoms with van der Waals surface area (Å²) in [6.07, 6.45) is 0.302. The monoisotopic (exact) mass is 471 g/mol. The lowest BCUT2D eigenvalue weighted by atomic mass is 10.0. The predicted molar refractivity (Wildman–Crippen MR) is 118 cm³/mol. The van der Waals surface area contributed by atoms with Crippen molar-refractivity contribution in [3.8, 4) is 11.1 Å². The highest BCUT2D eigenvalue weighted by atomic mass is 32.2. The molecule has 1 aromatic heterocycles. The molecule has 2 atom stereocenters. The number of halogens is 1. The number of sulfonamides is 1. The summed E-state index contributed by atoms with van der Waals surface area (Å²) in [4.78, 5) is 27.7. The van der Waals surface area contributed by atoms with Crippen LogP contribution in [0.15, 0.2) is 64.2 Å². The fourth-order valence-corrected chi connectivity index (χ4v) is 6.48. The van der Waals surface area contributed by atoms with Crippen molar-refractivity contribution in [3.05, 3.63) is 71.4 Å². The van der Waals surface area contributed by atoms with Gasteiger partial charge in [-0.15, -0.1) is 11.3 Å². The number of carbonyl (C=O) groups excluding carboxylic acids is 2. The Morgan fingerprint density at radius 1 is 1.06 bits per heavy atom. The molecule has 0 saturated carbocycles. The molecule has 0 aliphatic carbocycles. The lowest BCUT2D eigenvalue weighted by Gasteiger charge is -2.24. The predicted octanol–water partition coefficient (Wildman–Crippen LogP) is 3.07. The minimum atomic E-state index is -3.81. The molecule has 2 amide bonds. The number of nitrogens with zero attached hydrogens (tertiary/aromatic N) is 1. The fourth-order valence-electron chi connectivity index (χ4n) is 4.20. The molecule has 1 fully saturated rings. The number of rotatable bonds is 4. The second kappa shape index (κ2) is 7.80. The van der Waals surface area contributed by atoms with E-state index in [9.17, 15) is 22.4 Å². The Kier molecular flexibility index (Phi) is 5.07. The van der Waals surface area contributed by atoms with Crippen molar-refractivity contribution < 1.29 is 22.4 Å². The number of fused-ring (bicyclic) bond motifs is 2. The summed E-state index contributed by atoms with van der Waals surface area (Å²) in [5.41, 5.74) is 1.41. The van der Waals surface area contributed by atoms with Gasteiger partial charge in [0.15, 0.2) is 0 Å². The lowest BCUT2D eigenvalue weighted by Crippen LogP contribution is -2.51. The highest BCUT2D eigenvalue weighted by Gasteiger charge is 2.46. The van der Waals surface area contributed by atoms with Crippen LogP contribution in [0.1, 0.15) is 16.8 Å². The molecular formula is C22H18FN3O4S2. The third-order valence-corrected chi connectivity index (χ3v) is 8.57. The van der Waals surface area contributed by atoms with Gasteiger partial charge in [-0.05, 0) is 41.6 Å². The van der Waals surface area contributed by atoms with Crippen LogP contribution in [0.3, 0.4) is 0 Å². The molecule has 2 aromatic carbocycles. The summed E-state index contributed by atoms with van der Waals surface area (Å²) in [6.45, 7) is 0.220. The van der Waals surface area contributed by atoms with Gasteiger partial charge in [-0.1, -0.05) is 30.3 Å². The highest BCUT2D eigenvalue weighted by Crippen LogP contribution is 2.33. The van der Waals surface area contributed by atoms with Crippen molar-refractivity contribution in [1.82, 2.24) is 9.62 Å². The first-order chi connectivity index (χ1) is 15.3. The zero-order valence-corrected chi connectivity index (χ0v) is 18.3. The van der Waals surface area contributed by atoms with E-state index in [4.69, 9.17) is 0 Å². The first-order valence-electron chi connectivity index (χ1n) is 9.92. The second-order valence-electron chi connectivity index (χ2n) is 7.62. The van der Waals surface area contributed by atoms with Crippen molar-refractivity contribution >= 4 is 38.9 Å². The summed E-state index contributed by atoms with van der Waals surface area (Å²) in [5.74, 6) is -1.29. The largest absolute Gasteiger partial charge is 0.325 e. The number of amides is 2. The third-order valence-electron chi connectivity index (χ3n) is 5.69. The summed E-state index contributed by atoms with van der Waals surface area (Å²) in [6, 6.07) is 12.4. The summed E-state index contributed by atoms with van der Waals surface area (Å²) >= 11 is 1.08. The van der Waals surface area contributed by atoms with E-state index in [2.05, 4.69) is 10.0 Å². The van der Waals surface area contributed by atoms with Crippen LogP contribution in [0.25, 0.3) is 11.1 Å². The second-order valence-corrected chi connectivity index (χ2v) is 10.5. The van der Waals surface area contributed by atoms with Gasteiger partial charge >= 0.3 is 0 Å². The average Bonchev–Trinajstić information content (AvgIpc) is 3.43. The van der Waals surface area contributed by atoms with Crippen molar-refractivity contribution in [3.63, 3.8) is 0 Å². The van der Waals surface area contributed by atoms with Crippen LogP contribution >= 0.6 is 11.3 Å². The molecule has 32 heavy (non-hydrogen) atoms. The van der Waals surface area contributed by atoms with Crippen molar-refractivity contribution in [2.45, 2.75) is 22.7 Å². The van der Waals surface area contributed by atoms with E-state index < -0.39 is 39.7 Å². The SMILES string of the molecule is O=C1Nc2ccc(-c3ccccc3F)cc2C(=O)N2CC[C@H](NS(=O)(=O)c3cccs3)[C@@H]12. The highest BCUT2D eigenvalue weighted by molar-refractivity contribution is 7.91. The molecule has 2 aliphatic rings. The van der Waals surface area contributed by atoms with Gasteiger partial charge in [-0.2, -0.15) is 0 Å². The number of hydrogen-bond acceptors (Lipinski definition) is 5. The van der Waals surface area contributed by atoms with E-state index in [1.54, 1.807) is 47.8 Å². The molecular weight excluding hydrogens is 453 g/mol. The molecule has 0 spiro atoms. The van der Waals surface area contributed by atoms with Crippen LogP contribution in [0, 0.1) is 5.82 Å². The van der Waals surface area contributed by atoms with Gasteiger partial charge in [0.2, 0.25) is 15.9 Å². The average molecular weight is 472 g/mol. The Labute approximate surface area is 187 Å². The molecule has 5 rings (SSSR count). The van der Waals surface area contributed by atoms with Crippen LogP contribution in [-0.4, -0.2) is 43.8 Å². The maximum atomic E-state index is 14.3. The standard InChI is InChI=1S/C22H18FN3O4S2/c23-16-5-2-1-4-14(16)13-7-8-17-15(12-13)22(28)26-10-9-18(20(26)21(27)24-17)25-32(29,30)19-6-3-11-31-19/h1-8,11-12,18,20,25H,9-10H2,(H,24,27)/t18-,20-/m0/s1. The number of carbonyl (C=O) groups is 2. The van der Waals surface area contributed by atoms with Gasteiger partial charge in [0, 0.05) is 12.1 Å². The lowest BCUT2D eigenvalue weighted by molar-refractivity contribution is -0.120. The molecule has 1 saturated heterocycles. The first-order valence-corrected chi connectivity index (χ1v) is 12.3. The van der Waals surface area contributed by atoms with E-state index >= 15 is 0 Å². The molecule has 10 heteroatoms. The van der Waals surface area contributed by atoms with Gasteiger partial charge in [0.1, 0.15) is 16.1 Å². The number of thiophene rings is 1. The first kappa shape index (κ1) is 20.8. The normalized spacial score (nSPS) is 20.5. The molecule has 7 nitrogen and oxygen atoms in total. The molecule has 0 unspecified atom stereocenters. The van der Waals surface area contributed by atoms with Crippen LogP contribution in [0.2, 0.25) is 0 Å². The molecule has 2 N–H and O–H groups in total. The van der Waals surface area contributed by atoms with E-state index in [-0.39, 0.29) is 16.3 Å². The Hall–Kier alpha value is -3.08. The van der Waals surface area contributed by atoms with Crippen LogP contribution in [-0.2, 0) is 14.8 Å². The zero-order chi connectivity index (χ0) is 22.5. The summed E-state index contributed by atoms with van der Waals surface area (Å²) in [5, 5.41) is 4.39. The van der Waals surface area contributed by atoms with Crippen molar-refractivity contribution in [1.29, 1.82) is 0 Å². The molecule has 0 radical (unpaired) electrons. The van der Waals surface area contributed by atoms with Gasteiger partial charge in [-0.3, -0.25) is 9.59 Å². The van der Waals surface area contributed by atoms with Gasteiger partial charge in [-0.25, -0.2) is 17.5 Å². The number of benzene rings is 2. The number of hydrogen-bond donors (Lipinski definition) is 2. The Balaban J connectivity index is 1.48. The summed E-state index contributed by atoms with van der Waals surface area (Å²) in [7, 11) is -3.81. The van der Waals surface area contributed by atoms with Crippen LogP contribution in [0.5, 0.6) is 0 Å². The van der Waals surface area contributed by atoms with Crippen LogP contribution < -0.4 is 10.0 Å². The zero-order valence-electron chi connectivity index (χ0n) is 16.6. The van der Waals surface area contributed by atoms with E-state index in [1.165, 1.54) is 17.0 Å². The maximum Gasteiger partial charge on any atom is 0.256 e. The van der Waals surface area contributed by atoms with E-state index in [0.717, 1.165) is 11.3 Å². The molecule has 164 valence electrons. The number of anilines is 1. The fraction of sp³-hybridized carbons (Fsp3) is 0.182. The van der Waals surface area contributed by atoms with Gasteiger partial charge < -0.3 is 10.2 Å². The number of nitrogens with one attached hydrogen (secondary N) is 2. The third kappa shape index (κ3) is 3.50. The van der Waals surface area contributed by atoms with Crippen molar-refractivity contribution in [2.24, 2.45) is 0 Å². The molecule has 2 aliphatic heterocycles. The quantitative estimate of drug-likeness (QED) is 0.611. The van der Waals surface area contributed by atoms with E-state index in [0.29, 0.717) is 23.2 Å². The maximum absolute atomic E-state index is 14.3. The van der Waals surface area contributed by atoms with Gasteiger partial charge in [0.05, 0.1) is 17.3 Å². The molecule has 3 aromatic rings. The van der Waals surface area contributed by atoms with Crippen LogP contribution in [0.4, 0.5) is 10.1 Å². The Bertz CT molecular complexity index is 1320. The Morgan fingerprint density at radius 2 is 1.88 bits per heavy atom. The minimum absolute atomic E-state index is 0.147.